The summed E-state index contributed by atoms with van der Waals surface area (Å²) in [5.74, 6) is -0.0808. The number of amides is 2. The van der Waals surface area contributed by atoms with Crippen molar-refractivity contribution in [1.29, 1.82) is 0 Å². The van der Waals surface area contributed by atoms with Gasteiger partial charge in [0.25, 0.3) is 5.91 Å². The molecule has 0 saturated carbocycles. The van der Waals surface area contributed by atoms with Gasteiger partial charge in [-0.3, -0.25) is 9.59 Å². The molecule has 126 valence electrons. The standard InChI is InChI=1S/C19H23N3O2/c1-13(2)21-9-5-8-17(21)19(24)20-15-11-18(23)22(12-15)16-7-4-6-14(3)10-16/h4-10,13,15H,11-12H2,1-3H3,(H,20,24). The summed E-state index contributed by atoms with van der Waals surface area (Å²) in [5, 5.41) is 3.00. The van der Waals surface area contributed by atoms with Crippen LogP contribution in [0.4, 0.5) is 5.69 Å². The van der Waals surface area contributed by atoms with Crippen LogP contribution in [-0.4, -0.2) is 29.0 Å². The van der Waals surface area contributed by atoms with E-state index in [1.54, 1.807) is 4.90 Å². The first-order valence-corrected chi connectivity index (χ1v) is 8.30. The van der Waals surface area contributed by atoms with Crippen LogP contribution in [0.2, 0.25) is 0 Å². The number of carbonyl (C=O) groups is 2. The van der Waals surface area contributed by atoms with Crippen molar-refractivity contribution in [3.8, 4) is 0 Å². The smallest absolute Gasteiger partial charge is 0.268 e. The van der Waals surface area contributed by atoms with Gasteiger partial charge >= 0.3 is 0 Å². The van der Waals surface area contributed by atoms with Crippen LogP contribution in [0.5, 0.6) is 0 Å². The predicted molar refractivity (Wildman–Crippen MR) is 94.2 cm³/mol. The maximum absolute atomic E-state index is 12.5. The second-order valence-corrected chi connectivity index (χ2v) is 6.61. The molecule has 3 rings (SSSR count). The Morgan fingerprint density at radius 1 is 1.25 bits per heavy atom. The molecule has 0 aliphatic carbocycles. The molecular formula is C19H23N3O2. The van der Waals surface area contributed by atoms with E-state index in [9.17, 15) is 9.59 Å². The summed E-state index contributed by atoms with van der Waals surface area (Å²) in [5.41, 5.74) is 2.64. The number of hydrogen-bond donors (Lipinski definition) is 1. The molecule has 1 saturated heterocycles. The van der Waals surface area contributed by atoms with Crippen molar-refractivity contribution in [2.75, 3.05) is 11.4 Å². The Balaban J connectivity index is 1.70. The fraction of sp³-hybridized carbons (Fsp3) is 0.368. The van der Waals surface area contributed by atoms with Crippen molar-refractivity contribution in [2.45, 2.75) is 39.3 Å². The number of anilines is 1. The number of carbonyl (C=O) groups excluding carboxylic acids is 2. The first-order chi connectivity index (χ1) is 11.5. The molecule has 1 N–H and O–H groups in total. The second-order valence-electron chi connectivity index (χ2n) is 6.61. The monoisotopic (exact) mass is 325 g/mol. The summed E-state index contributed by atoms with van der Waals surface area (Å²) in [6, 6.07) is 11.6. The number of benzene rings is 1. The van der Waals surface area contributed by atoms with Crippen LogP contribution in [0.25, 0.3) is 0 Å². The number of rotatable bonds is 4. The van der Waals surface area contributed by atoms with Gasteiger partial charge in [0.2, 0.25) is 5.91 Å². The molecular weight excluding hydrogens is 302 g/mol. The zero-order valence-corrected chi connectivity index (χ0v) is 14.3. The van der Waals surface area contributed by atoms with E-state index in [1.807, 2.05) is 67.9 Å². The lowest BCUT2D eigenvalue weighted by Gasteiger charge is -2.18. The topological polar surface area (TPSA) is 54.3 Å². The van der Waals surface area contributed by atoms with E-state index in [-0.39, 0.29) is 23.9 Å². The number of aryl methyl sites for hydroxylation is 1. The molecule has 1 fully saturated rings. The first-order valence-electron chi connectivity index (χ1n) is 8.30. The van der Waals surface area contributed by atoms with Gasteiger partial charge in [0.05, 0.1) is 6.04 Å². The Hall–Kier alpha value is -2.56. The zero-order valence-electron chi connectivity index (χ0n) is 14.3. The number of aromatic nitrogens is 1. The average molecular weight is 325 g/mol. The van der Waals surface area contributed by atoms with E-state index in [4.69, 9.17) is 0 Å². The largest absolute Gasteiger partial charge is 0.346 e. The molecule has 2 amide bonds. The van der Waals surface area contributed by atoms with E-state index in [2.05, 4.69) is 5.32 Å². The fourth-order valence-electron chi connectivity index (χ4n) is 3.15. The van der Waals surface area contributed by atoms with E-state index >= 15 is 0 Å². The molecule has 5 nitrogen and oxygen atoms in total. The van der Waals surface area contributed by atoms with Crippen LogP contribution < -0.4 is 10.2 Å². The molecule has 5 heteroatoms. The van der Waals surface area contributed by atoms with Gasteiger partial charge in [0.15, 0.2) is 0 Å². The minimum Gasteiger partial charge on any atom is -0.346 e. The minimum atomic E-state index is -0.166. The van der Waals surface area contributed by atoms with Crippen molar-refractivity contribution in [3.05, 3.63) is 53.9 Å². The van der Waals surface area contributed by atoms with E-state index < -0.39 is 0 Å². The molecule has 1 aromatic heterocycles. The Morgan fingerprint density at radius 2 is 2.04 bits per heavy atom. The molecule has 1 unspecified atom stereocenters. The number of nitrogens with zero attached hydrogens (tertiary/aromatic N) is 2. The summed E-state index contributed by atoms with van der Waals surface area (Å²) in [6.45, 7) is 6.59. The van der Waals surface area contributed by atoms with Gasteiger partial charge in [-0.25, -0.2) is 0 Å². The van der Waals surface area contributed by atoms with Crippen molar-refractivity contribution >= 4 is 17.5 Å². The van der Waals surface area contributed by atoms with Crippen LogP contribution >= 0.6 is 0 Å². The molecule has 1 aliphatic heterocycles. The Labute approximate surface area is 142 Å². The van der Waals surface area contributed by atoms with Gasteiger partial charge in [-0.1, -0.05) is 12.1 Å². The third-order valence-corrected chi connectivity index (χ3v) is 4.34. The Bertz CT molecular complexity index is 763. The summed E-state index contributed by atoms with van der Waals surface area (Å²) in [4.78, 5) is 26.6. The summed E-state index contributed by atoms with van der Waals surface area (Å²) in [6.07, 6.45) is 2.24. The van der Waals surface area contributed by atoms with E-state index in [0.29, 0.717) is 18.7 Å². The molecule has 1 aromatic carbocycles. The van der Waals surface area contributed by atoms with E-state index in [1.165, 1.54) is 0 Å². The van der Waals surface area contributed by atoms with Crippen LogP contribution in [-0.2, 0) is 4.79 Å². The highest BCUT2D eigenvalue weighted by molar-refractivity contribution is 5.98. The minimum absolute atomic E-state index is 0.0464. The van der Waals surface area contributed by atoms with Gasteiger partial charge in [-0.2, -0.15) is 0 Å². The molecule has 2 aromatic rings. The molecule has 1 aliphatic rings. The predicted octanol–water partition coefficient (Wildman–Crippen LogP) is 2.91. The highest BCUT2D eigenvalue weighted by Crippen LogP contribution is 2.23. The normalized spacial score (nSPS) is 17.6. The lowest BCUT2D eigenvalue weighted by Crippen LogP contribution is -2.38. The second kappa shape index (κ2) is 6.51. The fourth-order valence-corrected chi connectivity index (χ4v) is 3.15. The van der Waals surface area contributed by atoms with Crippen molar-refractivity contribution in [3.63, 3.8) is 0 Å². The third kappa shape index (κ3) is 3.20. The number of nitrogens with one attached hydrogen (secondary N) is 1. The lowest BCUT2D eigenvalue weighted by atomic mass is 10.2. The van der Waals surface area contributed by atoms with Crippen LogP contribution in [0.15, 0.2) is 42.6 Å². The van der Waals surface area contributed by atoms with Crippen molar-refractivity contribution in [2.24, 2.45) is 0 Å². The first kappa shape index (κ1) is 16.3. The highest BCUT2D eigenvalue weighted by atomic mass is 16.2. The summed E-state index contributed by atoms with van der Waals surface area (Å²) >= 11 is 0. The van der Waals surface area contributed by atoms with Crippen LogP contribution in [0.3, 0.4) is 0 Å². The molecule has 0 radical (unpaired) electrons. The van der Waals surface area contributed by atoms with Gasteiger partial charge in [-0.05, 0) is 50.6 Å². The zero-order chi connectivity index (χ0) is 17.3. The maximum Gasteiger partial charge on any atom is 0.268 e. The summed E-state index contributed by atoms with van der Waals surface area (Å²) < 4.78 is 1.93. The third-order valence-electron chi connectivity index (χ3n) is 4.34. The van der Waals surface area contributed by atoms with E-state index in [0.717, 1.165) is 11.3 Å². The molecule has 2 heterocycles. The molecule has 24 heavy (non-hydrogen) atoms. The lowest BCUT2D eigenvalue weighted by molar-refractivity contribution is -0.117. The molecule has 0 spiro atoms. The van der Waals surface area contributed by atoms with Gasteiger partial charge in [0.1, 0.15) is 5.69 Å². The van der Waals surface area contributed by atoms with Gasteiger partial charge in [0, 0.05) is 30.9 Å². The summed E-state index contributed by atoms with van der Waals surface area (Å²) in [7, 11) is 0. The number of hydrogen-bond acceptors (Lipinski definition) is 2. The van der Waals surface area contributed by atoms with Crippen LogP contribution in [0, 0.1) is 6.92 Å². The van der Waals surface area contributed by atoms with Crippen molar-refractivity contribution < 1.29 is 9.59 Å². The van der Waals surface area contributed by atoms with Gasteiger partial charge in [-0.15, -0.1) is 0 Å². The van der Waals surface area contributed by atoms with Crippen LogP contribution in [0.1, 0.15) is 42.4 Å². The Morgan fingerprint density at radius 3 is 2.75 bits per heavy atom. The highest BCUT2D eigenvalue weighted by Gasteiger charge is 2.32. The molecule has 0 bridgehead atoms. The average Bonchev–Trinajstić information content (AvgIpc) is 3.14. The van der Waals surface area contributed by atoms with Crippen molar-refractivity contribution in [1.82, 2.24) is 9.88 Å². The Kier molecular flexibility index (Phi) is 4.42. The SMILES string of the molecule is Cc1cccc(N2CC(NC(=O)c3cccn3C(C)C)CC2=O)c1. The van der Waals surface area contributed by atoms with Gasteiger partial charge < -0.3 is 14.8 Å². The maximum atomic E-state index is 12.5. The molecule has 1 atom stereocenters. The quantitative estimate of drug-likeness (QED) is 0.940.